The molecule has 78 valence electrons. The van der Waals surface area contributed by atoms with Gasteiger partial charge in [-0.15, -0.1) is 0 Å². The van der Waals surface area contributed by atoms with E-state index >= 15 is 0 Å². The van der Waals surface area contributed by atoms with Gasteiger partial charge in [0.15, 0.2) is 5.16 Å². The summed E-state index contributed by atoms with van der Waals surface area (Å²) in [5, 5.41) is 10.1. The van der Waals surface area contributed by atoms with Gasteiger partial charge in [-0.05, 0) is 25.3 Å². The highest BCUT2D eigenvalue weighted by Crippen LogP contribution is 2.37. The molecular formula is C11H13N3S. The molecule has 1 saturated carbocycles. The van der Waals surface area contributed by atoms with E-state index in [1.54, 1.807) is 11.8 Å². The van der Waals surface area contributed by atoms with Crippen LogP contribution in [0.2, 0.25) is 0 Å². The largest absolute Gasteiger partial charge is 0.231 e. The molecule has 0 saturated heterocycles. The number of thioether (sulfide) groups is 1. The number of aromatic nitrogens is 2. The molecule has 1 aromatic heterocycles. The van der Waals surface area contributed by atoms with Crippen LogP contribution in [-0.2, 0) is 0 Å². The van der Waals surface area contributed by atoms with Crippen LogP contribution in [0.3, 0.4) is 0 Å². The predicted octanol–water partition coefficient (Wildman–Crippen LogP) is 2.57. The van der Waals surface area contributed by atoms with Crippen molar-refractivity contribution in [2.24, 2.45) is 5.92 Å². The topological polar surface area (TPSA) is 49.6 Å². The summed E-state index contributed by atoms with van der Waals surface area (Å²) in [5.41, 5.74) is 1.07. The fraction of sp³-hybridized carbons (Fsp3) is 0.545. The zero-order chi connectivity index (χ0) is 10.7. The third-order valence-electron chi connectivity index (χ3n) is 2.63. The minimum atomic E-state index is 0.180. The Bertz CT molecular complexity index is 368. The van der Waals surface area contributed by atoms with E-state index in [1.165, 1.54) is 0 Å². The van der Waals surface area contributed by atoms with Crippen molar-refractivity contribution in [1.29, 1.82) is 5.26 Å². The fourth-order valence-electron chi connectivity index (χ4n) is 1.79. The molecule has 1 heterocycles. The van der Waals surface area contributed by atoms with Crippen molar-refractivity contribution < 1.29 is 0 Å². The standard InChI is InChI=1S/C11H13N3S/c1-8-6-13-11(14-7-8)15-10-4-2-3-9(10)5-12/h6-7,9-10H,2-4H2,1H3. The van der Waals surface area contributed by atoms with Crippen LogP contribution in [-0.4, -0.2) is 15.2 Å². The van der Waals surface area contributed by atoms with Crippen molar-refractivity contribution >= 4 is 11.8 Å². The quantitative estimate of drug-likeness (QED) is 0.717. The van der Waals surface area contributed by atoms with Gasteiger partial charge in [-0.25, -0.2) is 9.97 Å². The Labute approximate surface area is 93.9 Å². The van der Waals surface area contributed by atoms with Gasteiger partial charge < -0.3 is 0 Å². The molecule has 4 heteroatoms. The summed E-state index contributed by atoms with van der Waals surface area (Å²) < 4.78 is 0. The highest BCUT2D eigenvalue weighted by molar-refractivity contribution is 7.99. The molecule has 0 aromatic carbocycles. The second-order valence-corrected chi connectivity index (χ2v) is 5.07. The molecule has 3 nitrogen and oxygen atoms in total. The van der Waals surface area contributed by atoms with Gasteiger partial charge in [0.1, 0.15) is 0 Å². The Balaban J connectivity index is 2.03. The van der Waals surface area contributed by atoms with Crippen LogP contribution in [0.4, 0.5) is 0 Å². The molecular weight excluding hydrogens is 206 g/mol. The molecule has 0 aliphatic heterocycles. The van der Waals surface area contributed by atoms with Crippen molar-refractivity contribution in [3.05, 3.63) is 18.0 Å². The number of aryl methyl sites for hydroxylation is 1. The van der Waals surface area contributed by atoms with Crippen LogP contribution < -0.4 is 0 Å². The van der Waals surface area contributed by atoms with Crippen molar-refractivity contribution in [2.75, 3.05) is 0 Å². The Kier molecular flexibility index (Phi) is 3.22. The first kappa shape index (κ1) is 10.4. The molecule has 2 atom stereocenters. The zero-order valence-electron chi connectivity index (χ0n) is 8.68. The predicted molar refractivity (Wildman–Crippen MR) is 59.4 cm³/mol. The van der Waals surface area contributed by atoms with E-state index in [0.717, 1.165) is 30.0 Å². The molecule has 15 heavy (non-hydrogen) atoms. The Morgan fingerprint density at radius 2 is 2.13 bits per heavy atom. The van der Waals surface area contributed by atoms with Crippen LogP contribution in [0.15, 0.2) is 17.6 Å². The molecule has 2 unspecified atom stereocenters. The van der Waals surface area contributed by atoms with Gasteiger partial charge in [-0.3, -0.25) is 0 Å². The van der Waals surface area contributed by atoms with Crippen molar-refractivity contribution in [2.45, 2.75) is 36.6 Å². The lowest BCUT2D eigenvalue weighted by molar-refractivity contribution is 0.712. The van der Waals surface area contributed by atoms with Crippen LogP contribution in [0.25, 0.3) is 0 Å². The normalized spacial score (nSPS) is 25.1. The summed E-state index contributed by atoms with van der Waals surface area (Å²) in [7, 11) is 0. The van der Waals surface area contributed by atoms with E-state index in [4.69, 9.17) is 5.26 Å². The van der Waals surface area contributed by atoms with E-state index in [9.17, 15) is 0 Å². The Morgan fingerprint density at radius 1 is 1.40 bits per heavy atom. The van der Waals surface area contributed by atoms with Crippen molar-refractivity contribution in [3.63, 3.8) is 0 Å². The second-order valence-electron chi connectivity index (χ2n) is 3.87. The minimum absolute atomic E-state index is 0.180. The Morgan fingerprint density at radius 3 is 2.80 bits per heavy atom. The lowest BCUT2D eigenvalue weighted by atomic mass is 10.1. The van der Waals surface area contributed by atoms with E-state index < -0.39 is 0 Å². The lowest BCUT2D eigenvalue weighted by Gasteiger charge is -2.10. The maximum absolute atomic E-state index is 8.95. The maximum atomic E-state index is 8.95. The Hall–Kier alpha value is -1.08. The molecule has 1 aliphatic carbocycles. The van der Waals surface area contributed by atoms with E-state index in [2.05, 4.69) is 16.0 Å². The third kappa shape index (κ3) is 2.48. The van der Waals surface area contributed by atoms with Gasteiger partial charge >= 0.3 is 0 Å². The average molecular weight is 219 g/mol. The van der Waals surface area contributed by atoms with Crippen molar-refractivity contribution in [1.82, 2.24) is 9.97 Å². The highest BCUT2D eigenvalue weighted by Gasteiger charge is 2.28. The van der Waals surface area contributed by atoms with E-state index in [0.29, 0.717) is 5.25 Å². The second kappa shape index (κ2) is 4.63. The first-order valence-corrected chi connectivity index (χ1v) is 6.02. The number of rotatable bonds is 2. The van der Waals surface area contributed by atoms with Crippen LogP contribution in [0.5, 0.6) is 0 Å². The van der Waals surface area contributed by atoms with Gasteiger partial charge in [-0.2, -0.15) is 5.26 Å². The van der Waals surface area contributed by atoms with E-state index in [-0.39, 0.29) is 5.92 Å². The van der Waals surface area contributed by atoms with Crippen LogP contribution in [0.1, 0.15) is 24.8 Å². The minimum Gasteiger partial charge on any atom is -0.231 e. The van der Waals surface area contributed by atoms with Gasteiger partial charge in [0.25, 0.3) is 0 Å². The first-order chi connectivity index (χ1) is 7.29. The fourth-order valence-corrected chi connectivity index (χ4v) is 2.94. The van der Waals surface area contributed by atoms with Crippen molar-refractivity contribution in [3.8, 4) is 6.07 Å². The molecule has 1 aliphatic rings. The molecule has 0 amide bonds. The summed E-state index contributed by atoms with van der Waals surface area (Å²) in [5.74, 6) is 0.180. The first-order valence-electron chi connectivity index (χ1n) is 5.14. The van der Waals surface area contributed by atoms with Crippen LogP contribution in [0, 0.1) is 24.2 Å². The molecule has 0 bridgehead atoms. The molecule has 1 aromatic rings. The molecule has 2 rings (SSSR count). The third-order valence-corrected chi connectivity index (χ3v) is 3.92. The number of hydrogen-bond donors (Lipinski definition) is 0. The maximum Gasteiger partial charge on any atom is 0.187 e. The van der Waals surface area contributed by atoms with Gasteiger partial charge in [0.05, 0.1) is 12.0 Å². The van der Waals surface area contributed by atoms with E-state index in [1.807, 2.05) is 19.3 Å². The summed E-state index contributed by atoms with van der Waals surface area (Å²) >= 11 is 1.65. The zero-order valence-corrected chi connectivity index (χ0v) is 9.50. The van der Waals surface area contributed by atoms with Gasteiger partial charge in [-0.1, -0.05) is 18.2 Å². The summed E-state index contributed by atoms with van der Waals surface area (Å²) in [4.78, 5) is 8.51. The number of nitrogens with zero attached hydrogens (tertiary/aromatic N) is 3. The van der Waals surface area contributed by atoms with Gasteiger partial charge in [0, 0.05) is 17.6 Å². The molecule has 0 N–H and O–H groups in total. The number of hydrogen-bond acceptors (Lipinski definition) is 4. The smallest absolute Gasteiger partial charge is 0.187 e. The summed E-state index contributed by atoms with van der Waals surface area (Å²) in [6.07, 6.45) is 6.94. The summed E-state index contributed by atoms with van der Waals surface area (Å²) in [6.45, 7) is 1.97. The molecule has 0 spiro atoms. The van der Waals surface area contributed by atoms with Gasteiger partial charge in [0.2, 0.25) is 0 Å². The highest BCUT2D eigenvalue weighted by atomic mass is 32.2. The number of nitriles is 1. The molecule has 1 fully saturated rings. The average Bonchev–Trinajstić information content (AvgIpc) is 2.69. The molecule has 0 radical (unpaired) electrons. The lowest BCUT2D eigenvalue weighted by Crippen LogP contribution is -2.08. The monoisotopic (exact) mass is 219 g/mol. The SMILES string of the molecule is Cc1cnc(SC2CCCC2C#N)nc1. The van der Waals surface area contributed by atoms with Crippen LogP contribution >= 0.6 is 11.8 Å². The summed E-state index contributed by atoms with van der Waals surface area (Å²) in [6, 6.07) is 2.37.